The first-order valence-electron chi connectivity index (χ1n) is 13.5. The highest BCUT2D eigenvalue weighted by atomic mass is 35.5. The molecule has 1 fully saturated rings. The third-order valence-corrected chi connectivity index (χ3v) is 8.79. The number of hydrogen-bond acceptors (Lipinski definition) is 6. The van der Waals surface area contributed by atoms with E-state index in [1.165, 1.54) is 14.2 Å². The number of carbonyl (C=O) groups is 3. The van der Waals surface area contributed by atoms with Crippen LogP contribution < -0.4 is 19.7 Å². The van der Waals surface area contributed by atoms with Crippen LogP contribution in [0.15, 0.2) is 66.7 Å². The van der Waals surface area contributed by atoms with Crippen LogP contribution in [0, 0.1) is 11.3 Å². The van der Waals surface area contributed by atoms with Crippen LogP contribution in [-0.2, 0) is 15.0 Å². The number of halogens is 1. The molecule has 7 nitrogen and oxygen atoms in total. The van der Waals surface area contributed by atoms with E-state index in [4.69, 9.17) is 21.1 Å². The van der Waals surface area contributed by atoms with Crippen molar-refractivity contribution in [1.29, 1.82) is 0 Å². The maximum Gasteiger partial charge on any atom is 0.238 e. The van der Waals surface area contributed by atoms with Crippen molar-refractivity contribution in [1.82, 2.24) is 0 Å². The number of amides is 1. The highest BCUT2D eigenvalue weighted by molar-refractivity contribution is 6.31. The van der Waals surface area contributed by atoms with Gasteiger partial charge in [-0.15, -0.1) is 0 Å². The van der Waals surface area contributed by atoms with E-state index in [1.807, 2.05) is 74.2 Å². The van der Waals surface area contributed by atoms with Crippen molar-refractivity contribution in [3.05, 3.63) is 88.5 Å². The molecule has 0 unspecified atom stereocenters. The van der Waals surface area contributed by atoms with Gasteiger partial charge in [0.05, 0.1) is 31.7 Å². The Balaban J connectivity index is 1.70. The maximum atomic E-state index is 15.0. The summed E-state index contributed by atoms with van der Waals surface area (Å²) in [5, 5.41) is 3.59. The van der Waals surface area contributed by atoms with Gasteiger partial charge in [-0.25, -0.2) is 0 Å². The summed E-state index contributed by atoms with van der Waals surface area (Å²) in [5.41, 5.74) is 0.906. The van der Waals surface area contributed by atoms with Crippen molar-refractivity contribution in [2.75, 3.05) is 24.4 Å². The molecule has 1 spiro atoms. The molecule has 3 heterocycles. The quantitative estimate of drug-likeness (QED) is 0.382. The van der Waals surface area contributed by atoms with Crippen LogP contribution >= 0.6 is 11.6 Å². The second-order valence-corrected chi connectivity index (χ2v) is 12.2. The summed E-state index contributed by atoms with van der Waals surface area (Å²) in [6.07, 6.45) is 3.86. The Hall–Kier alpha value is -4.10. The Kier molecular flexibility index (Phi) is 6.27. The number of methoxy groups -OCH3 is 2. The topological polar surface area (TPSA) is 84.9 Å². The molecular weight excluding hydrogens is 540 g/mol. The van der Waals surface area contributed by atoms with Crippen LogP contribution in [0.4, 0.5) is 11.4 Å². The molecule has 3 aliphatic heterocycles. The summed E-state index contributed by atoms with van der Waals surface area (Å²) >= 11 is 6.36. The molecule has 41 heavy (non-hydrogen) atoms. The number of hydrogen-bond donors (Lipinski definition) is 1. The number of ketones is 2. The molecule has 3 aliphatic rings. The van der Waals surface area contributed by atoms with Gasteiger partial charge in [0, 0.05) is 21.8 Å². The summed E-state index contributed by atoms with van der Waals surface area (Å²) in [7, 11) is 3.01. The second kappa shape index (κ2) is 9.48. The first-order valence-corrected chi connectivity index (χ1v) is 13.9. The molecule has 210 valence electrons. The van der Waals surface area contributed by atoms with Crippen LogP contribution in [0.3, 0.4) is 0 Å². The number of fused-ring (bicyclic) bond motifs is 6. The van der Waals surface area contributed by atoms with Gasteiger partial charge in [-0.3, -0.25) is 14.4 Å². The van der Waals surface area contributed by atoms with Crippen molar-refractivity contribution < 1.29 is 23.9 Å². The lowest BCUT2D eigenvalue weighted by Gasteiger charge is -2.38. The molecular formula is C33H31ClN2O5. The molecule has 6 rings (SSSR count). The van der Waals surface area contributed by atoms with E-state index >= 15 is 4.79 Å². The van der Waals surface area contributed by atoms with Crippen molar-refractivity contribution in [2.24, 2.45) is 11.3 Å². The summed E-state index contributed by atoms with van der Waals surface area (Å²) in [6.45, 7) is 5.52. The minimum atomic E-state index is -1.40. The molecule has 3 aromatic carbocycles. The molecule has 4 atom stereocenters. The van der Waals surface area contributed by atoms with Crippen LogP contribution in [0.25, 0.3) is 6.08 Å². The summed E-state index contributed by atoms with van der Waals surface area (Å²) in [6, 6.07) is 16.3. The third-order valence-electron chi connectivity index (χ3n) is 8.56. The number of para-hydroxylation sites is 1. The molecule has 0 bridgehead atoms. The van der Waals surface area contributed by atoms with Gasteiger partial charge in [0.25, 0.3) is 0 Å². The average molecular weight is 571 g/mol. The zero-order valence-electron chi connectivity index (χ0n) is 23.5. The van der Waals surface area contributed by atoms with Gasteiger partial charge in [-0.2, -0.15) is 0 Å². The number of nitrogens with one attached hydrogen (secondary N) is 1. The minimum absolute atomic E-state index is 0.145. The lowest BCUT2D eigenvalue weighted by molar-refractivity contribution is -0.128. The van der Waals surface area contributed by atoms with E-state index in [9.17, 15) is 9.59 Å². The van der Waals surface area contributed by atoms with Gasteiger partial charge < -0.3 is 19.7 Å². The SMILES string of the molecule is COc1ccc(OC)c(C(=O)[C@@H]2[C@H](C(=O)C(C)(C)C)N3c4ccc(Cl)cc4C=C[C@@H]3[C@@]23C(=O)Nc2ccccc23)c1. The predicted molar refractivity (Wildman–Crippen MR) is 159 cm³/mol. The van der Waals surface area contributed by atoms with Crippen LogP contribution in [-0.4, -0.2) is 43.8 Å². The molecule has 3 aromatic rings. The fourth-order valence-corrected chi connectivity index (χ4v) is 6.95. The Bertz CT molecular complexity index is 1640. The van der Waals surface area contributed by atoms with Gasteiger partial charge in [0.2, 0.25) is 5.91 Å². The van der Waals surface area contributed by atoms with Gasteiger partial charge in [0.15, 0.2) is 11.6 Å². The largest absolute Gasteiger partial charge is 0.497 e. The molecule has 1 amide bonds. The number of benzene rings is 3. The number of rotatable bonds is 5. The van der Waals surface area contributed by atoms with Crippen LogP contribution in [0.5, 0.6) is 11.5 Å². The van der Waals surface area contributed by atoms with Crippen molar-refractivity contribution >= 4 is 46.5 Å². The lowest BCUT2D eigenvalue weighted by Crippen LogP contribution is -2.51. The summed E-state index contributed by atoms with van der Waals surface area (Å²) in [5.74, 6) is -1.11. The minimum Gasteiger partial charge on any atom is -0.497 e. The van der Waals surface area contributed by atoms with Gasteiger partial charge in [-0.05, 0) is 53.6 Å². The molecule has 0 radical (unpaired) electrons. The molecule has 1 saturated heterocycles. The number of carbonyl (C=O) groups excluding carboxylic acids is 3. The van der Waals surface area contributed by atoms with E-state index < -0.39 is 28.8 Å². The monoisotopic (exact) mass is 570 g/mol. The Morgan fingerprint density at radius 1 is 1.00 bits per heavy atom. The Morgan fingerprint density at radius 2 is 1.76 bits per heavy atom. The number of anilines is 2. The molecule has 8 heteroatoms. The zero-order valence-corrected chi connectivity index (χ0v) is 24.3. The highest BCUT2D eigenvalue weighted by Gasteiger charge is 2.71. The summed E-state index contributed by atoms with van der Waals surface area (Å²) < 4.78 is 11.1. The predicted octanol–water partition coefficient (Wildman–Crippen LogP) is 5.95. The standard InChI is InChI=1S/C33H31ClN2O5/c1-32(2,3)30(38)28-27(29(37)21-17-20(40-4)12-14-25(21)41-5)33(22-8-6-7-9-23(22)35-31(33)39)26-15-10-18-16-19(34)11-13-24(18)36(26)28/h6-17,26-28H,1-5H3,(H,35,39)/t26-,27+,28-,33-/m1/s1. The third kappa shape index (κ3) is 3.82. The van der Waals surface area contributed by atoms with E-state index in [2.05, 4.69) is 5.32 Å². The van der Waals surface area contributed by atoms with Crippen molar-refractivity contribution in [2.45, 2.75) is 38.3 Å². The first-order chi connectivity index (χ1) is 19.5. The molecule has 0 aliphatic carbocycles. The van der Waals surface area contributed by atoms with E-state index in [0.717, 1.165) is 11.3 Å². The summed E-state index contributed by atoms with van der Waals surface area (Å²) in [4.78, 5) is 45.9. The van der Waals surface area contributed by atoms with Crippen molar-refractivity contribution in [3.63, 3.8) is 0 Å². The number of Topliss-reactive ketones (excluding diaryl/α,β-unsaturated/α-hetero) is 2. The Morgan fingerprint density at radius 3 is 2.46 bits per heavy atom. The second-order valence-electron chi connectivity index (χ2n) is 11.8. The number of ether oxygens (including phenoxy) is 2. The fraction of sp³-hybridized carbons (Fsp3) is 0.303. The molecule has 0 aromatic heterocycles. The normalized spacial score (nSPS) is 24.0. The molecule has 0 saturated carbocycles. The lowest BCUT2D eigenvalue weighted by atomic mass is 9.63. The highest BCUT2D eigenvalue weighted by Crippen LogP contribution is 2.59. The van der Waals surface area contributed by atoms with E-state index in [0.29, 0.717) is 27.8 Å². The first kappa shape index (κ1) is 27.1. The van der Waals surface area contributed by atoms with Gasteiger partial charge in [0.1, 0.15) is 23.0 Å². The average Bonchev–Trinajstić information content (AvgIpc) is 3.43. The Labute approximate surface area is 244 Å². The smallest absolute Gasteiger partial charge is 0.238 e. The van der Waals surface area contributed by atoms with Gasteiger partial charge in [-0.1, -0.05) is 62.7 Å². The van der Waals surface area contributed by atoms with E-state index in [-0.39, 0.29) is 23.0 Å². The fourth-order valence-electron chi connectivity index (χ4n) is 6.77. The van der Waals surface area contributed by atoms with Crippen molar-refractivity contribution in [3.8, 4) is 11.5 Å². The van der Waals surface area contributed by atoms with Crippen LogP contribution in [0.2, 0.25) is 5.02 Å². The van der Waals surface area contributed by atoms with E-state index in [1.54, 1.807) is 24.3 Å². The maximum absolute atomic E-state index is 15.0. The zero-order chi connectivity index (χ0) is 29.3. The van der Waals surface area contributed by atoms with Crippen LogP contribution in [0.1, 0.15) is 42.3 Å². The van der Waals surface area contributed by atoms with Gasteiger partial charge >= 0.3 is 0 Å². The number of nitrogens with zero attached hydrogens (tertiary/aromatic N) is 1. The molecule has 1 N–H and O–H groups in total.